The molecule has 0 radical (unpaired) electrons. The number of likely N-dealkylation sites (tertiary alicyclic amines) is 1. The molecular formula is C21H27ClN3O6+. The zero-order chi connectivity index (χ0) is 23.2. The highest BCUT2D eigenvalue weighted by atomic mass is 35.5. The van der Waals surface area contributed by atoms with Crippen molar-refractivity contribution < 1.29 is 33.6 Å². The van der Waals surface area contributed by atoms with Crippen molar-refractivity contribution in [3.05, 3.63) is 34.9 Å². The summed E-state index contributed by atoms with van der Waals surface area (Å²) in [5.74, 6) is -2.62. The van der Waals surface area contributed by atoms with Crippen LogP contribution in [0.5, 0.6) is 0 Å². The molecule has 0 unspecified atom stereocenters. The van der Waals surface area contributed by atoms with E-state index in [-0.39, 0.29) is 29.6 Å². The van der Waals surface area contributed by atoms with Crippen LogP contribution in [0.15, 0.2) is 24.3 Å². The van der Waals surface area contributed by atoms with Gasteiger partial charge in [-0.05, 0) is 18.1 Å². The predicted octanol–water partition coefficient (Wildman–Crippen LogP) is 1.98. The average molecular weight is 453 g/mol. The Morgan fingerprint density at radius 2 is 1.74 bits per heavy atom. The molecule has 10 heteroatoms. The summed E-state index contributed by atoms with van der Waals surface area (Å²) >= 11 is 6.09. The van der Waals surface area contributed by atoms with E-state index in [2.05, 4.69) is 10.6 Å². The third kappa shape index (κ3) is 5.68. The first-order valence-electron chi connectivity index (χ1n) is 10.1. The van der Waals surface area contributed by atoms with Gasteiger partial charge in [0, 0.05) is 12.8 Å². The second-order valence-electron chi connectivity index (χ2n) is 7.93. The maximum absolute atomic E-state index is 13.6. The van der Waals surface area contributed by atoms with Gasteiger partial charge in [0.2, 0.25) is 0 Å². The van der Waals surface area contributed by atoms with Crippen molar-refractivity contribution in [3.63, 3.8) is 0 Å². The quantitative estimate of drug-likeness (QED) is 0.408. The summed E-state index contributed by atoms with van der Waals surface area (Å²) in [6, 6.07) is 3.46. The lowest BCUT2D eigenvalue weighted by molar-refractivity contribution is -0.761. The molecule has 1 saturated heterocycles. The van der Waals surface area contributed by atoms with Gasteiger partial charge in [-0.15, -0.1) is 0 Å². The fourth-order valence-corrected chi connectivity index (χ4v) is 3.87. The second kappa shape index (κ2) is 10.5. The molecule has 2 atom stereocenters. The van der Waals surface area contributed by atoms with Crippen molar-refractivity contribution in [1.29, 1.82) is 0 Å². The van der Waals surface area contributed by atoms with E-state index in [4.69, 9.17) is 16.7 Å². The van der Waals surface area contributed by atoms with E-state index < -0.39 is 46.8 Å². The van der Waals surface area contributed by atoms with Crippen LogP contribution in [0.2, 0.25) is 5.02 Å². The van der Waals surface area contributed by atoms with Gasteiger partial charge in [-0.25, -0.2) is 9.59 Å². The summed E-state index contributed by atoms with van der Waals surface area (Å²) in [5.41, 5.74) is 0.211. The zero-order valence-electron chi connectivity index (χ0n) is 17.5. The molecule has 0 spiro atoms. The molecule has 1 aromatic carbocycles. The van der Waals surface area contributed by atoms with Crippen molar-refractivity contribution in [2.75, 3.05) is 13.1 Å². The van der Waals surface area contributed by atoms with Gasteiger partial charge in [-0.3, -0.25) is 14.9 Å². The number of nitrogens with zero attached hydrogens (tertiary/aromatic N) is 1. The molecule has 1 heterocycles. The molecule has 1 aliphatic heterocycles. The van der Waals surface area contributed by atoms with E-state index in [1.54, 1.807) is 32.0 Å². The number of quaternary nitrogens is 1. The van der Waals surface area contributed by atoms with Gasteiger partial charge in [0.05, 0.1) is 30.1 Å². The molecule has 2 rings (SSSR count). The number of hydrogen-bond donors (Lipinski definition) is 3. The van der Waals surface area contributed by atoms with Crippen LogP contribution >= 0.6 is 11.6 Å². The van der Waals surface area contributed by atoms with Crippen molar-refractivity contribution in [2.45, 2.75) is 45.2 Å². The number of imide groups is 1. The summed E-state index contributed by atoms with van der Waals surface area (Å²) in [4.78, 5) is 61.5. The summed E-state index contributed by atoms with van der Waals surface area (Å²) in [7, 11) is 0. The van der Waals surface area contributed by atoms with Crippen LogP contribution in [-0.4, -0.2) is 64.9 Å². The number of carbonyl (C=O) groups excluding carboxylic acids is 4. The number of rotatable bonds is 8. The van der Waals surface area contributed by atoms with Gasteiger partial charge < -0.3 is 15.2 Å². The highest BCUT2D eigenvalue weighted by Gasteiger charge is 2.51. The Labute approximate surface area is 185 Å². The highest BCUT2D eigenvalue weighted by Crippen LogP contribution is 2.25. The van der Waals surface area contributed by atoms with Crippen LogP contribution in [0.25, 0.3) is 0 Å². The molecule has 168 valence electrons. The third-order valence-electron chi connectivity index (χ3n) is 5.35. The molecule has 31 heavy (non-hydrogen) atoms. The minimum Gasteiger partial charge on any atom is -0.481 e. The first kappa shape index (κ1) is 24.5. The number of benzene rings is 1. The van der Waals surface area contributed by atoms with Crippen LogP contribution in [0.4, 0.5) is 4.79 Å². The largest absolute Gasteiger partial charge is 0.481 e. The lowest BCUT2D eigenvalue weighted by atomic mass is 10.0. The molecule has 1 aromatic rings. The van der Waals surface area contributed by atoms with Crippen LogP contribution in [0, 0.1) is 5.92 Å². The van der Waals surface area contributed by atoms with Crippen molar-refractivity contribution in [3.8, 4) is 0 Å². The number of hydrogen-bond acceptors (Lipinski definition) is 5. The number of aldehydes is 1. The zero-order valence-corrected chi connectivity index (χ0v) is 18.2. The average Bonchev–Trinajstić information content (AvgIpc) is 3.21. The van der Waals surface area contributed by atoms with Crippen LogP contribution in [0.3, 0.4) is 0 Å². The predicted molar refractivity (Wildman–Crippen MR) is 112 cm³/mol. The van der Waals surface area contributed by atoms with Gasteiger partial charge in [0.15, 0.2) is 0 Å². The van der Waals surface area contributed by atoms with Crippen molar-refractivity contribution in [1.82, 2.24) is 10.6 Å². The standard InChI is InChI=1S/C21H26ClN3O6/c1-13(2)18(24-19(29)15-7-3-4-8-16(15)22)20(30)25(9-5-6-10-25)21(31)23-14(12-26)11-17(27)28/h3-4,7-8,12-14,18H,5-6,9-11H2,1-2H3,(H2-,23,24,27,28,29,31)/p+1/t14-,18-/m0/s1. The van der Waals surface area contributed by atoms with Gasteiger partial charge in [0.1, 0.15) is 18.4 Å². The molecule has 1 aliphatic rings. The molecule has 3 N–H and O–H groups in total. The van der Waals surface area contributed by atoms with E-state index in [0.29, 0.717) is 19.1 Å². The van der Waals surface area contributed by atoms with Gasteiger partial charge in [-0.2, -0.15) is 4.48 Å². The number of carboxylic acids is 1. The summed E-state index contributed by atoms with van der Waals surface area (Å²) in [5, 5.41) is 14.2. The number of aliphatic carboxylic acids is 1. The summed E-state index contributed by atoms with van der Waals surface area (Å²) < 4.78 is -0.602. The van der Waals surface area contributed by atoms with Gasteiger partial charge in [-0.1, -0.05) is 37.6 Å². The molecule has 0 aromatic heterocycles. The topological polar surface area (TPSA) is 130 Å². The molecule has 1 fully saturated rings. The van der Waals surface area contributed by atoms with Crippen molar-refractivity contribution >= 4 is 41.7 Å². The van der Waals surface area contributed by atoms with Crippen LogP contribution in [-0.2, 0) is 14.4 Å². The Bertz CT molecular complexity index is 866. The Balaban J connectivity index is 2.28. The van der Waals surface area contributed by atoms with E-state index in [0.717, 1.165) is 0 Å². The maximum atomic E-state index is 13.6. The Morgan fingerprint density at radius 3 is 2.26 bits per heavy atom. The fraction of sp³-hybridized carbons (Fsp3) is 0.476. The lowest BCUT2D eigenvalue weighted by Crippen LogP contribution is -2.66. The monoisotopic (exact) mass is 452 g/mol. The second-order valence-corrected chi connectivity index (χ2v) is 8.33. The van der Waals surface area contributed by atoms with Crippen LogP contribution in [0.1, 0.15) is 43.5 Å². The molecule has 0 bridgehead atoms. The van der Waals surface area contributed by atoms with Gasteiger partial charge >= 0.3 is 17.9 Å². The molecule has 0 saturated carbocycles. The third-order valence-corrected chi connectivity index (χ3v) is 5.68. The number of carboxylic acid groups (broad SMARTS) is 1. The van der Waals surface area contributed by atoms with Crippen LogP contribution < -0.4 is 10.6 Å². The molecule has 9 nitrogen and oxygen atoms in total. The van der Waals surface area contributed by atoms with Crippen molar-refractivity contribution in [2.24, 2.45) is 5.92 Å². The first-order chi connectivity index (χ1) is 14.6. The number of amides is 4. The van der Waals surface area contributed by atoms with E-state index in [1.165, 1.54) is 6.07 Å². The number of urea groups is 1. The SMILES string of the molecule is CC(C)[C@H](NC(=O)c1ccccc1Cl)C(=O)[N+]1(C(=O)N[C@H](C=O)CC(=O)O)CCCC1. The normalized spacial score (nSPS) is 16.9. The minimum atomic E-state index is -1.25. The van der Waals surface area contributed by atoms with E-state index >= 15 is 0 Å². The number of nitrogens with one attached hydrogen (secondary N) is 2. The minimum absolute atomic E-state index is 0.203. The highest BCUT2D eigenvalue weighted by molar-refractivity contribution is 6.33. The fourth-order valence-electron chi connectivity index (χ4n) is 3.65. The Kier molecular flexibility index (Phi) is 8.29. The number of halogens is 1. The summed E-state index contributed by atoms with van der Waals surface area (Å²) in [6.45, 7) is 3.90. The lowest BCUT2D eigenvalue weighted by Gasteiger charge is -2.33. The van der Waals surface area contributed by atoms with Gasteiger partial charge in [0.25, 0.3) is 5.91 Å². The summed E-state index contributed by atoms with van der Waals surface area (Å²) in [6.07, 6.45) is 0.961. The Morgan fingerprint density at radius 1 is 1.13 bits per heavy atom. The van der Waals surface area contributed by atoms with E-state index in [9.17, 15) is 24.0 Å². The first-order valence-corrected chi connectivity index (χ1v) is 10.4. The maximum Gasteiger partial charge on any atom is 0.424 e. The van der Waals surface area contributed by atoms with E-state index in [1.807, 2.05) is 0 Å². The molecule has 0 aliphatic carbocycles. The number of carbonyl (C=O) groups is 5. The Hall–Kier alpha value is -2.78. The molecule has 4 amide bonds. The molecular weight excluding hydrogens is 426 g/mol. The smallest absolute Gasteiger partial charge is 0.424 e.